The summed E-state index contributed by atoms with van der Waals surface area (Å²) in [4.78, 5) is 47.2. The van der Waals surface area contributed by atoms with Crippen molar-refractivity contribution in [3.05, 3.63) is 107 Å². The van der Waals surface area contributed by atoms with E-state index in [2.05, 4.69) is 0 Å². The molecular formula is C23H13Cl2N3O7S. The second-order valence-electron chi connectivity index (χ2n) is 7.34. The second kappa shape index (κ2) is 10.4. The molecule has 13 heteroatoms. The van der Waals surface area contributed by atoms with E-state index in [9.17, 15) is 29.8 Å². The standard InChI is InChI=1S/C23H13Cl2N3O7S/c24-15-4-3-14(18(25)10-15)12-26-22(29)21(36-23(26)30)9-13-1-6-17(7-2-13)35-20-8-5-16(27(31)32)11-19(20)28(33)34/h1-11H,12H2/b21-9-. The Morgan fingerprint density at radius 1 is 0.944 bits per heavy atom. The van der Waals surface area contributed by atoms with Crippen molar-refractivity contribution in [2.45, 2.75) is 6.54 Å². The Balaban J connectivity index is 1.49. The molecule has 0 saturated carbocycles. The number of hydrogen-bond acceptors (Lipinski definition) is 8. The Kier molecular flexibility index (Phi) is 7.25. The number of nitro groups is 2. The molecular weight excluding hydrogens is 533 g/mol. The lowest BCUT2D eigenvalue weighted by Gasteiger charge is -2.13. The summed E-state index contributed by atoms with van der Waals surface area (Å²) in [6.07, 6.45) is 1.53. The van der Waals surface area contributed by atoms with Gasteiger partial charge in [0.25, 0.3) is 16.8 Å². The minimum atomic E-state index is -0.774. The summed E-state index contributed by atoms with van der Waals surface area (Å²) in [5, 5.41) is 22.5. The normalized spacial score (nSPS) is 14.4. The molecule has 1 aliphatic rings. The molecule has 0 unspecified atom stereocenters. The van der Waals surface area contributed by atoms with Crippen molar-refractivity contribution in [1.82, 2.24) is 4.90 Å². The van der Waals surface area contributed by atoms with Gasteiger partial charge in [-0.15, -0.1) is 0 Å². The molecule has 0 N–H and O–H groups in total. The van der Waals surface area contributed by atoms with Crippen molar-refractivity contribution in [2.75, 3.05) is 0 Å². The molecule has 3 aromatic rings. The van der Waals surface area contributed by atoms with E-state index >= 15 is 0 Å². The molecule has 1 heterocycles. The number of benzene rings is 3. The van der Waals surface area contributed by atoms with Gasteiger partial charge in [0, 0.05) is 16.1 Å². The lowest BCUT2D eigenvalue weighted by Crippen LogP contribution is -2.27. The number of halogens is 2. The second-order valence-corrected chi connectivity index (χ2v) is 9.18. The molecule has 36 heavy (non-hydrogen) atoms. The van der Waals surface area contributed by atoms with Crippen LogP contribution in [0.2, 0.25) is 10.0 Å². The van der Waals surface area contributed by atoms with Crippen LogP contribution in [-0.4, -0.2) is 25.9 Å². The van der Waals surface area contributed by atoms with Gasteiger partial charge in [-0.1, -0.05) is 41.4 Å². The number of thioether (sulfide) groups is 1. The highest BCUT2D eigenvalue weighted by Gasteiger charge is 2.35. The van der Waals surface area contributed by atoms with Crippen molar-refractivity contribution < 1.29 is 24.2 Å². The fourth-order valence-electron chi connectivity index (χ4n) is 3.22. The third-order valence-electron chi connectivity index (χ3n) is 4.97. The predicted molar refractivity (Wildman–Crippen MR) is 134 cm³/mol. The molecule has 1 fully saturated rings. The fourth-order valence-corrected chi connectivity index (χ4v) is 4.52. The van der Waals surface area contributed by atoms with E-state index in [0.717, 1.165) is 34.9 Å². The number of carbonyl (C=O) groups excluding carboxylic acids is 2. The zero-order valence-corrected chi connectivity index (χ0v) is 20.2. The minimum Gasteiger partial charge on any atom is -0.450 e. The fraction of sp³-hybridized carbons (Fsp3) is 0.0435. The number of hydrogen-bond donors (Lipinski definition) is 0. The highest BCUT2D eigenvalue weighted by atomic mass is 35.5. The Labute approximate surface area is 217 Å². The van der Waals surface area contributed by atoms with E-state index < -0.39 is 32.4 Å². The summed E-state index contributed by atoms with van der Waals surface area (Å²) in [6, 6.07) is 14.1. The molecule has 0 bridgehead atoms. The van der Waals surface area contributed by atoms with Gasteiger partial charge in [-0.2, -0.15) is 0 Å². The van der Waals surface area contributed by atoms with Gasteiger partial charge in [0.05, 0.1) is 27.4 Å². The monoisotopic (exact) mass is 545 g/mol. The first-order chi connectivity index (χ1) is 17.1. The Morgan fingerprint density at radius 3 is 2.31 bits per heavy atom. The van der Waals surface area contributed by atoms with Gasteiger partial charge in [-0.25, -0.2) is 0 Å². The first-order valence-electron chi connectivity index (χ1n) is 10.0. The highest BCUT2D eigenvalue weighted by Crippen LogP contribution is 2.36. The number of nitrogens with zero attached hydrogens (tertiary/aromatic N) is 3. The topological polar surface area (TPSA) is 133 Å². The van der Waals surface area contributed by atoms with Crippen LogP contribution in [0.15, 0.2) is 65.6 Å². The zero-order valence-electron chi connectivity index (χ0n) is 17.9. The molecule has 0 aromatic heterocycles. The van der Waals surface area contributed by atoms with Gasteiger partial charge in [-0.3, -0.25) is 34.7 Å². The van der Waals surface area contributed by atoms with Crippen LogP contribution in [0.5, 0.6) is 11.5 Å². The number of ether oxygens (including phenoxy) is 1. The van der Waals surface area contributed by atoms with Crippen molar-refractivity contribution in [3.63, 3.8) is 0 Å². The summed E-state index contributed by atoms with van der Waals surface area (Å²) in [5.74, 6) is -0.409. The van der Waals surface area contributed by atoms with Crippen LogP contribution in [0, 0.1) is 20.2 Å². The maximum atomic E-state index is 12.8. The summed E-state index contributed by atoms with van der Waals surface area (Å²) < 4.78 is 5.53. The maximum absolute atomic E-state index is 12.8. The summed E-state index contributed by atoms with van der Waals surface area (Å²) in [6.45, 7) is -0.00119. The van der Waals surface area contributed by atoms with Crippen LogP contribution in [-0.2, 0) is 11.3 Å². The SMILES string of the molecule is O=C1S/C(=C\c2ccc(Oc3ccc([N+](=O)[O-])cc3[N+](=O)[O-])cc2)C(=O)N1Cc1ccc(Cl)cc1Cl. The molecule has 0 radical (unpaired) electrons. The Bertz CT molecular complexity index is 1440. The number of non-ortho nitro benzene ring substituents is 1. The number of carbonyl (C=O) groups is 2. The molecule has 4 rings (SSSR count). The van der Waals surface area contributed by atoms with Crippen LogP contribution in [0.3, 0.4) is 0 Å². The number of imide groups is 1. The molecule has 0 aliphatic carbocycles. The number of nitro benzene ring substituents is 2. The van der Waals surface area contributed by atoms with Gasteiger partial charge in [-0.05, 0) is 59.3 Å². The molecule has 0 spiro atoms. The quantitative estimate of drug-likeness (QED) is 0.179. The number of amides is 2. The van der Waals surface area contributed by atoms with Crippen molar-refractivity contribution in [3.8, 4) is 11.5 Å². The third-order valence-corrected chi connectivity index (χ3v) is 6.47. The van der Waals surface area contributed by atoms with Gasteiger partial charge in [0.2, 0.25) is 5.75 Å². The van der Waals surface area contributed by atoms with E-state index in [1.54, 1.807) is 24.3 Å². The zero-order chi connectivity index (χ0) is 26.0. The molecule has 1 aliphatic heterocycles. The van der Waals surface area contributed by atoms with Gasteiger partial charge in [0.15, 0.2) is 0 Å². The van der Waals surface area contributed by atoms with E-state index in [-0.39, 0.29) is 22.9 Å². The van der Waals surface area contributed by atoms with Gasteiger partial charge < -0.3 is 4.74 Å². The lowest BCUT2D eigenvalue weighted by atomic mass is 10.2. The van der Waals surface area contributed by atoms with Crippen LogP contribution in [0.4, 0.5) is 16.2 Å². The van der Waals surface area contributed by atoms with Crippen LogP contribution in [0.1, 0.15) is 11.1 Å². The molecule has 3 aromatic carbocycles. The first-order valence-corrected chi connectivity index (χ1v) is 11.6. The van der Waals surface area contributed by atoms with Gasteiger partial charge in [0.1, 0.15) is 5.75 Å². The average Bonchev–Trinajstić information content (AvgIpc) is 3.09. The van der Waals surface area contributed by atoms with E-state index in [1.165, 1.54) is 24.3 Å². The first kappa shape index (κ1) is 25.2. The third kappa shape index (κ3) is 5.48. The highest BCUT2D eigenvalue weighted by molar-refractivity contribution is 8.18. The lowest BCUT2D eigenvalue weighted by molar-refractivity contribution is -0.394. The minimum absolute atomic E-state index is 0.00119. The Morgan fingerprint density at radius 2 is 1.67 bits per heavy atom. The van der Waals surface area contributed by atoms with Crippen molar-refractivity contribution in [1.29, 1.82) is 0 Å². The summed E-state index contributed by atoms with van der Waals surface area (Å²) >= 11 is 12.8. The van der Waals surface area contributed by atoms with Crippen LogP contribution >= 0.6 is 35.0 Å². The molecule has 2 amide bonds. The Hall–Kier alpha value is -3.93. The smallest absolute Gasteiger partial charge is 0.318 e. The van der Waals surface area contributed by atoms with Crippen LogP contribution < -0.4 is 4.74 Å². The molecule has 1 saturated heterocycles. The summed E-state index contributed by atoms with van der Waals surface area (Å²) in [7, 11) is 0. The average molecular weight is 546 g/mol. The van der Waals surface area contributed by atoms with E-state index in [1.807, 2.05) is 0 Å². The van der Waals surface area contributed by atoms with E-state index in [0.29, 0.717) is 21.2 Å². The van der Waals surface area contributed by atoms with Gasteiger partial charge >= 0.3 is 5.69 Å². The maximum Gasteiger partial charge on any atom is 0.318 e. The summed E-state index contributed by atoms with van der Waals surface area (Å²) in [5.41, 5.74) is 0.168. The molecule has 0 atom stereocenters. The molecule has 182 valence electrons. The van der Waals surface area contributed by atoms with Crippen LogP contribution in [0.25, 0.3) is 6.08 Å². The van der Waals surface area contributed by atoms with Crippen molar-refractivity contribution in [2.24, 2.45) is 0 Å². The van der Waals surface area contributed by atoms with E-state index in [4.69, 9.17) is 27.9 Å². The molecule has 10 nitrogen and oxygen atoms in total. The largest absolute Gasteiger partial charge is 0.450 e. The number of rotatable bonds is 7. The predicted octanol–water partition coefficient (Wildman–Crippen LogP) is 6.84. The van der Waals surface area contributed by atoms with Crippen molar-refractivity contribution >= 4 is 63.6 Å².